The lowest BCUT2D eigenvalue weighted by atomic mass is 10.2. The molecule has 0 fully saturated rings. The Morgan fingerprint density at radius 3 is 3.09 bits per heavy atom. The quantitative estimate of drug-likeness (QED) is 0.668. The van der Waals surface area contributed by atoms with E-state index in [-0.39, 0.29) is 11.9 Å². The number of aromatic amines is 1. The number of furan rings is 1. The van der Waals surface area contributed by atoms with Crippen LogP contribution in [-0.2, 0) is 11.3 Å². The molecule has 3 aromatic heterocycles. The van der Waals surface area contributed by atoms with Crippen LogP contribution in [0.1, 0.15) is 25.1 Å². The lowest BCUT2D eigenvalue weighted by Gasteiger charge is -2.12. The van der Waals surface area contributed by atoms with Crippen molar-refractivity contribution in [3.05, 3.63) is 46.4 Å². The number of nitrogens with one attached hydrogen (secondary N) is 2. The van der Waals surface area contributed by atoms with Crippen LogP contribution in [0.4, 0.5) is 0 Å². The van der Waals surface area contributed by atoms with Crippen LogP contribution in [0.5, 0.6) is 0 Å². The Labute approximate surface area is 142 Å². The predicted octanol–water partition coefficient (Wildman–Crippen LogP) is 3.53. The van der Waals surface area contributed by atoms with E-state index in [9.17, 15) is 4.79 Å². The van der Waals surface area contributed by atoms with E-state index in [2.05, 4.69) is 15.5 Å². The van der Waals surface area contributed by atoms with Gasteiger partial charge in [-0.1, -0.05) is 6.07 Å². The zero-order valence-corrected chi connectivity index (χ0v) is 14.1. The van der Waals surface area contributed by atoms with Gasteiger partial charge in [0.1, 0.15) is 5.76 Å². The number of thiophene rings is 1. The van der Waals surface area contributed by atoms with Crippen LogP contribution in [0.25, 0.3) is 10.7 Å². The van der Waals surface area contributed by atoms with Gasteiger partial charge in [-0.05, 0) is 42.7 Å². The summed E-state index contributed by atoms with van der Waals surface area (Å²) >= 11 is 6.84. The molecule has 0 aliphatic carbocycles. The summed E-state index contributed by atoms with van der Waals surface area (Å²) in [4.78, 5) is 13.1. The van der Waals surface area contributed by atoms with Crippen molar-refractivity contribution in [1.29, 1.82) is 0 Å². The summed E-state index contributed by atoms with van der Waals surface area (Å²) in [6.07, 6.45) is 1.91. The predicted molar refractivity (Wildman–Crippen MR) is 90.6 cm³/mol. The number of hydrogen-bond donors (Lipinski definition) is 2. The Balaban J connectivity index is 1.64. The number of amides is 1. The zero-order valence-electron chi connectivity index (χ0n) is 12.5. The van der Waals surface area contributed by atoms with Gasteiger partial charge in [0.05, 0.1) is 17.2 Å². The number of hydrogen-bond acceptors (Lipinski definition) is 5. The molecule has 0 aliphatic rings. The molecule has 3 aromatic rings. The lowest BCUT2D eigenvalue weighted by molar-refractivity contribution is -0.122. The highest BCUT2D eigenvalue weighted by atomic mass is 32.1. The Kier molecular flexibility index (Phi) is 4.73. The standard InChI is InChI=1S/C15H16N4O2S2/c1-10(11-4-2-8-21-11)16-13(20)6-7-19-14(17-18-15(19)22)12-5-3-9-23-12/h2-5,8-10H,6-7H2,1H3,(H,16,20)(H,18,22). The highest BCUT2D eigenvalue weighted by Crippen LogP contribution is 2.23. The van der Waals surface area contributed by atoms with Crippen molar-refractivity contribution in [3.8, 4) is 10.7 Å². The minimum atomic E-state index is -0.161. The van der Waals surface area contributed by atoms with E-state index >= 15 is 0 Å². The zero-order chi connectivity index (χ0) is 16.2. The smallest absolute Gasteiger partial charge is 0.222 e. The van der Waals surface area contributed by atoms with Crippen LogP contribution in [0.15, 0.2) is 40.3 Å². The molecule has 6 nitrogen and oxygen atoms in total. The number of nitrogens with zero attached hydrogens (tertiary/aromatic N) is 2. The summed E-state index contributed by atoms with van der Waals surface area (Å²) < 4.78 is 7.64. The van der Waals surface area contributed by atoms with E-state index in [0.29, 0.717) is 17.7 Å². The first-order valence-corrected chi connectivity index (χ1v) is 8.46. The minimum Gasteiger partial charge on any atom is -0.467 e. The van der Waals surface area contributed by atoms with Crippen LogP contribution < -0.4 is 5.32 Å². The first kappa shape index (κ1) is 15.7. The van der Waals surface area contributed by atoms with E-state index in [4.69, 9.17) is 16.6 Å². The molecule has 3 rings (SSSR count). The van der Waals surface area contributed by atoms with Gasteiger partial charge in [0, 0.05) is 13.0 Å². The molecule has 0 radical (unpaired) electrons. The van der Waals surface area contributed by atoms with Crippen molar-refractivity contribution in [2.75, 3.05) is 0 Å². The van der Waals surface area contributed by atoms with Gasteiger partial charge in [-0.25, -0.2) is 0 Å². The molecule has 8 heteroatoms. The first-order chi connectivity index (χ1) is 11.1. The van der Waals surface area contributed by atoms with E-state index in [1.165, 1.54) is 0 Å². The second-order valence-electron chi connectivity index (χ2n) is 5.04. The molecule has 120 valence electrons. The van der Waals surface area contributed by atoms with Gasteiger partial charge in [-0.15, -0.1) is 11.3 Å². The van der Waals surface area contributed by atoms with E-state index in [0.717, 1.165) is 16.5 Å². The van der Waals surface area contributed by atoms with E-state index in [1.54, 1.807) is 23.7 Å². The summed E-state index contributed by atoms with van der Waals surface area (Å²) in [5.74, 6) is 1.43. The van der Waals surface area contributed by atoms with Crippen LogP contribution in [0.2, 0.25) is 0 Å². The summed E-state index contributed by atoms with van der Waals surface area (Å²) in [5, 5.41) is 11.9. The monoisotopic (exact) mass is 348 g/mol. The van der Waals surface area contributed by atoms with Gasteiger partial charge in [-0.3, -0.25) is 14.5 Å². The average Bonchev–Trinajstić information content (AvgIpc) is 3.27. The van der Waals surface area contributed by atoms with Gasteiger partial charge >= 0.3 is 0 Å². The first-order valence-electron chi connectivity index (χ1n) is 7.17. The van der Waals surface area contributed by atoms with E-state index in [1.807, 2.05) is 35.1 Å². The Hall–Kier alpha value is -2.19. The molecule has 1 unspecified atom stereocenters. The normalized spacial score (nSPS) is 12.2. The number of carbonyl (C=O) groups is 1. The maximum absolute atomic E-state index is 12.1. The molecule has 1 atom stereocenters. The summed E-state index contributed by atoms with van der Waals surface area (Å²) in [6, 6.07) is 7.42. The van der Waals surface area contributed by atoms with Crippen molar-refractivity contribution in [1.82, 2.24) is 20.1 Å². The third kappa shape index (κ3) is 3.59. The number of carbonyl (C=O) groups excluding carboxylic acids is 1. The largest absolute Gasteiger partial charge is 0.467 e. The molecule has 0 aromatic carbocycles. The Morgan fingerprint density at radius 1 is 1.52 bits per heavy atom. The number of H-pyrrole nitrogens is 1. The van der Waals surface area contributed by atoms with Gasteiger partial charge in [0.25, 0.3) is 0 Å². The third-order valence-corrected chi connectivity index (χ3v) is 4.59. The molecule has 0 spiro atoms. The fraction of sp³-hybridized carbons (Fsp3) is 0.267. The summed E-state index contributed by atoms with van der Waals surface area (Å²) in [7, 11) is 0. The molecule has 3 heterocycles. The summed E-state index contributed by atoms with van der Waals surface area (Å²) in [6.45, 7) is 2.36. The van der Waals surface area contributed by atoms with Crippen molar-refractivity contribution < 1.29 is 9.21 Å². The van der Waals surface area contributed by atoms with Crippen LogP contribution in [-0.4, -0.2) is 20.7 Å². The van der Waals surface area contributed by atoms with Gasteiger partial charge < -0.3 is 9.73 Å². The second-order valence-corrected chi connectivity index (χ2v) is 6.37. The Morgan fingerprint density at radius 2 is 2.39 bits per heavy atom. The van der Waals surface area contributed by atoms with Crippen LogP contribution in [0.3, 0.4) is 0 Å². The molecule has 23 heavy (non-hydrogen) atoms. The average molecular weight is 348 g/mol. The SMILES string of the molecule is CC(NC(=O)CCn1c(-c2cccs2)n[nH]c1=S)c1ccco1. The lowest BCUT2D eigenvalue weighted by Crippen LogP contribution is -2.27. The molecule has 0 saturated heterocycles. The fourth-order valence-corrected chi connectivity index (χ4v) is 3.20. The fourth-order valence-electron chi connectivity index (χ4n) is 2.25. The van der Waals surface area contributed by atoms with Crippen molar-refractivity contribution in [2.45, 2.75) is 25.9 Å². The topological polar surface area (TPSA) is 75.8 Å². The molecule has 0 aliphatic heterocycles. The molecule has 0 bridgehead atoms. The molecule has 1 amide bonds. The highest BCUT2D eigenvalue weighted by molar-refractivity contribution is 7.71. The Bertz CT molecular complexity index is 818. The number of aromatic nitrogens is 3. The van der Waals surface area contributed by atoms with Crippen molar-refractivity contribution in [2.24, 2.45) is 0 Å². The van der Waals surface area contributed by atoms with Gasteiger partial charge in [0.2, 0.25) is 5.91 Å². The van der Waals surface area contributed by atoms with Crippen molar-refractivity contribution in [3.63, 3.8) is 0 Å². The molecule has 0 saturated carbocycles. The molecular weight excluding hydrogens is 332 g/mol. The van der Waals surface area contributed by atoms with Gasteiger partial charge in [-0.2, -0.15) is 5.10 Å². The maximum Gasteiger partial charge on any atom is 0.222 e. The maximum atomic E-state index is 12.1. The van der Waals surface area contributed by atoms with Crippen LogP contribution in [0, 0.1) is 4.77 Å². The van der Waals surface area contributed by atoms with Crippen LogP contribution >= 0.6 is 23.6 Å². The second kappa shape index (κ2) is 6.93. The molecule has 2 N–H and O–H groups in total. The summed E-state index contributed by atoms with van der Waals surface area (Å²) in [5.41, 5.74) is 0. The van der Waals surface area contributed by atoms with Gasteiger partial charge in [0.15, 0.2) is 10.6 Å². The molecular formula is C15H16N4O2S2. The van der Waals surface area contributed by atoms with Crippen molar-refractivity contribution >= 4 is 29.5 Å². The number of rotatable bonds is 6. The minimum absolute atomic E-state index is 0.0610. The highest BCUT2D eigenvalue weighted by Gasteiger charge is 2.14. The third-order valence-electron chi connectivity index (χ3n) is 3.41. The van der Waals surface area contributed by atoms with E-state index < -0.39 is 0 Å².